The third-order valence-electron chi connectivity index (χ3n) is 3.15. The fourth-order valence-corrected chi connectivity index (χ4v) is 2.31. The molecule has 1 fully saturated rings. The van der Waals surface area contributed by atoms with Gasteiger partial charge in [-0.05, 0) is 38.1 Å². The van der Waals surface area contributed by atoms with Gasteiger partial charge in [-0.2, -0.15) is 4.39 Å². The van der Waals surface area contributed by atoms with Gasteiger partial charge in [-0.1, -0.05) is 13.0 Å². The minimum absolute atomic E-state index is 0.392. The van der Waals surface area contributed by atoms with Crippen LogP contribution in [0.15, 0.2) is 18.2 Å². The molecule has 1 aliphatic rings. The molecule has 17 heavy (non-hydrogen) atoms. The van der Waals surface area contributed by atoms with Crippen molar-refractivity contribution in [2.45, 2.75) is 19.8 Å². The van der Waals surface area contributed by atoms with Crippen LogP contribution in [0.4, 0.5) is 10.2 Å². The second-order valence-corrected chi connectivity index (χ2v) is 4.50. The molecule has 0 spiro atoms. The van der Waals surface area contributed by atoms with E-state index in [1.807, 2.05) is 6.07 Å². The predicted octanol–water partition coefficient (Wildman–Crippen LogP) is 2.14. The van der Waals surface area contributed by atoms with Crippen molar-refractivity contribution in [3.8, 4) is 0 Å². The molecule has 0 unspecified atom stereocenters. The van der Waals surface area contributed by atoms with Crippen molar-refractivity contribution in [2.24, 2.45) is 0 Å². The maximum Gasteiger partial charge on any atom is 0.214 e. The van der Waals surface area contributed by atoms with Crippen molar-refractivity contribution in [1.29, 1.82) is 0 Å². The standard InChI is InChI=1S/C13H20FN3/c1-2-7-16-8-4-9-17(11-10-16)13-6-3-5-12(14)15-13/h3,5-6H,2,4,7-11H2,1H3. The molecule has 2 rings (SSSR count). The van der Waals surface area contributed by atoms with Crippen LogP contribution >= 0.6 is 0 Å². The minimum atomic E-state index is -0.392. The van der Waals surface area contributed by atoms with E-state index in [1.165, 1.54) is 12.5 Å². The summed E-state index contributed by atoms with van der Waals surface area (Å²) in [4.78, 5) is 8.60. The van der Waals surface area contributed by atoms with Gasteiger partial charge in [0.2, 0.25) is 5.95 Å². The average molecular weight is 237 g/mol. The molecule has 94 valence electrons. The Hall–Kier alpha value is -1.16. The summed E-state index contributed by atoms with van der Waals surface area (Å²) in [5.41, 5.74) is 0. The lowest BCUT2D eigenvalue weighted by Gasteiger charge is -2.22. The van der Waals surface area contributed by atoms with Crippen molar-refractivity contribution < 1.29 is 4.39 Å². The van der Waals surface area contributed by atoms with Crippen LogP contribution in [0, 0.1) is 5.95 Å². The summed E-state index contributed by atoms with van der Waals surface area (Å²) in [6.07, 6.45) is 2.32. The summed E-state index contributed by atoms with van der Waals surface area (Å²) in [5.74, 6) is 0.375. The predicted molar refractivity (Wildman–Crippen MR) is 67.8 cm³/mol. The number of aromatic nitrogens is 1. The number of hydrogen-bond acceptors (Lipinski definition) is 3. The van der Waals surface area contributed by atoms with Crippen LogP contribution in [0.3, 0.4) is 0 Å². The Labute approximate surface area is 102 Å². The first-order valence-electron chi connectivity index (χ1n) is 6.39. The Morgan fingerprint density at radius 3 is 2.88 bits per heavy atom. The van der Waals surface area contributed by atoms with Gasteiger partial charge in [0.15, 0.2) is 0 Å². The molecule has 1 aromatic rings. The van der Waals surface area contributed by atoms with Crippen LogP contribution < -0.4 is 4.90 Å². The lowest BCUT2D eigenvalue weighted by molar-refractivity contribution is 0.294. The zero-order valence-corrected chi connectivity index (χ0v) is 10.4. The molecule has 0 radical (unpaired) electrons. The first-order valence-corrected chi connectivity index (χ1v) is 6.39. The van der Waals surface area contributed by atoms with Gasteiger partial charge in [-0.3, -0.25) is 0 Å². The highest BCUT2D eigenvalue weighted by atomic mass is 19.1. The molecule has 0 saturated carbocycles. The van der Waals surface area contributed by atoms with E-state index in [1.54, 1.807) is 6.07 Å². The van der Waals surface area contributed by atoms with Gasteiger partial charge in [0.1, 0.15) is 5.82 Å². The third-order valence-corrected chi connectivity index (χ3v) is 3.15. The van der Waals surface area contributed by atoms with Gasteiger partial charge >= 0.3 is 0 Å². The van der Waals surface area contributed by atoms with E-state index in [4.69, 9.17) is 0 Å². The van der Waals surface area contributed by atoms with E-state index in [-0.39, 0.29) is 0 Å². The zero-order chi connectivity index (χ0) is 12.1. The van der Waals surface area contributed by atoms with Gasteiger partial charge in [0, 0.05) is 19.6 Å². The molecule has 1 aliphatic heterocycles. The van der Waals surface area contributed by atoms with Gasteiger partial charge in [-0.25, -0.2) is 4.98 Å². The summed E-state index contributed by atoms with van der Waals surface area (Å²) >= 11 is 0. The summed E-state index contributed by atoms with van der Waals surface area (Å²) in [6, 6.07) is 5.01. The highest BCUT2D eigenvalue weighted by Gasteiger charge is 2.15. The Kier molecular flexibility index (Phi) is 4.31. The second-order valence-electron chi connectivity index (χ2n) is 4.50. The van der Waals surface area contributed by atoms with Crippen molar-refractivity contribution in [2.75, 3.05) is 37.6 Å². The first-order chi connectivity index (χ1) is 8.29. The summed E-state index contributed by atoms with van der Waals surface area (Å²) in [7, 11) is 0. The number of nitrogens with zero attached hydrogens (tertiary/aromatic N) is 3. The lowest BCUT2D eigenvalue weighted by atomic mass is 10.3. The average Bonchev–Trinajstić information content (AvgIpc) is 2.55. The van der Waals surface area contributed by atoms with E-state index in [9.17, 15) is 4.39 Å². The van der Waals surface area contributed by atoms with Crippen molar-refractivity contribution >= 4 is 5.82 Å². The van der Waals surface area contributed by atoms with Crippen molar-refractivity contribution in [1.82, 2.24) is 9.88 Å². The SMILES string of the molecule is CCCN1CCCN(c2cccc(F)n2)CC1. The largest absolute Gasteiger partial charge is 0.355 e. The highest BCUT2D eigenvalue weighted by molar-refractivity contribution is 5.38. The summed E-state index contributed by atoms with van der Waals surface area (Å²) in [6.45, 7) is 7.46. The number of anilines is 1. The molecule has 0 amide bonds. The molecule has 0 aromatic carbocycles. The number of pyridine rings is 1. The van der Waals surface area contributed by atoms with E-state index in [2.05, 4.69) is 21.7 Å². The Morgan fingerprint density at radius 1 is 1.24 bits per heavy atom. The van der Waals surface area contributed by atoms with Crippen LogP contribution in [0.1, 0.15) is 19.8 Å². The van der Waals surface area contributed by atoms with E-state index in [0.717, 1.165) is 45.0 Å². The van der Waals surface area contributed by atoms with Gasteiger partial charge in [0.05, 0.1) is 0 Å². The fourth-order valence-electron chi connectivity index (χ4n) is 2.31. The molecule has 1 aromatic heterocycles. The quantitative estimate of drug-likeness (QED) is 0.751. The van der Waals surface area contributed by atoms with Crippen LogP contribution in [0.25, 0.3) is 0 Å². The van der Waals surface area contributed by atoms with E-state index >= 15 is 0 Å². The maximum atomic E-state index is 13.1. The van der Waals surface area contributed by atoms with Gasteiger partial charge < -0.3 is 9.80 Å². The van der Waals surface area contributed by atoms with Crippen molar-refractivity contribution in [3.63, 3.8) is 0 Å². The Balaban J connectivity index is 1.99. The Bertz CT molecular complexity index is 356. The van der Waals surface area contributed by atoms with Crippen molar-refractivity contribution in [3.05, 3.63) is 24.1 Å². The number of halogens is 1. The fraction of sp³-hybridized carbons (Fsp3) is 0.615. The monoisotopic (exact) mass is 237 g/mol. The van der Waals surface area contributed by atoms with Crippen LogP contribution in [-0.2, 0) is 0 Å². The van der Waals surface area contributed by atoms with Crippen LogP contribution in [0.2, 0.25) is 0 Å². The summed E-state index contributed by atoms with van der Waals surface area (Å²) < 4.78 is 13.1. The smallest absolute Gasteiger partial charge is 0.214 e. The van der Waals surface area contributed by atoms with Crippen LogP contribution in [-0.4, -0.2) is 42.6 Å². The second kappa shape index (κ2) is 5.96. The summed E-state index contributed by atoms with van der Waals surface area (Å²) in [5, 5.41) is 0. The van der Waals surface area contributed by atoms with Gasteiger partial charge in [-0.15, -0.1) is 0 Å². The van der Waals surface area contributed by atoms with E-state index < -0.39 is 5.95 Å². The molecule has 0 N–H and O–H groups in total. The molecule has 0 atom stereocenters. The third kappa shape index (κ3) is 3.40. The maximum absolute atomic E-state index is 13.1. The first kappa shape index (κ1) is 12.3. The zero-order valence-electron chi connectivity index (χ0n) is 10.4. The molecule has 1 saturated heterocycles. The number of hydrogen-bond donors (Lipinski definition) is 0. The normalized spacial score (nSPS) is 18.1. The molecular weight excluding hydrogens is 217 g/mol. The minimum Gasteiger partial charge on any atom is -0.355 e. The molecular formula is C13H20FN3. The highest BCUT2D eigenvalue weighted by Crippen LogP contribution is 2.14. The Morgan fingerprint density at radius 2 is 2.12 bits per heavy atom. The number of rotatable bonds is 3. The van der Waals surface area contributed by atoms with Gasteiger partial charge in [0.25, 0.3) is 0 Å². The van der Waals surface area contributed by atoms with Crippen LogP contribution in [0.5, 0.6) is 0 Å². The topological polar surface area (TPSA) is 19.4 Å². The molecule has 2 heterocycles. The lowest BCUT2D eigenvalue weighted by Crippen LogP contribution is -2.31. The van der Waals surface area contributed by atoms with E-state index in [0.29, 0.717) is 0 Å². The molecule has 0 aliphatic carbocycles. The molecule has 0 bridgehead atoms. The molecule has 4 heteroatoms. The molecule has 3 nitrogen and oxygen atoms in total.